The summed E-state index contributed by atoms with van der Waals surface area (Å²) in [4.78, 5) is 5.96. The lowest BCUT2D eigenvalue weighted by Gasteiger charge is -2.24. The third kappa shape index (κ3) is 2.54. The van der Waals surface area contributed by atoms with E-state index in [9.17, 15) is 8.78 Å². The van der Waals surface area contributed by atoms with Crippen LogP contribution in [0.4, 0.5) is 14.6 Å². The fourth-order valence-electron chi connectivity index (χ4n) is 2.14. The predicted octanol–water partition coefficient (Wildman–Crippen LogP) is 2.16. The number of aliphatic hydroxyl groups is 1. The number of anilines is 1. The molecule has 5 heteroatoms. The second kappa shape index (κ2) is 4.96. The summed E-state index contributed by atoms with van der Waals surface area (Å²) < 4.78 is 27.7. The fourth-order valence-corrected chi connectivity index (χ4v) is 2.14. The Kier molecular flexibility index (Phi) is 3.57. The molecule has 0 aliphatic carbocycles. The van der Waals surface area contributed by atoms with Crippen molar-refractivity contribution >= 4 is 5.82 Å². The first-order valence-corrected chi connectivity index (χ1v) is 5.84. The zero-order chi connectivity index (χ0) is 12.3. The molecule has 1 fully saturated rings. The Bertz CT molecular complexity index is 379. The van der Waals surface area contributed by atoms with E-state index in [1.54, 1.807) is 0 Å². The Hall–Kier alpha value is -1.23. The van der Waals surface area contributed by atoms with Crippen LogP contribution in [0, 0.1) is 0 Å². The number of aliphatic hydroxyl groups excluding tert-OH is 1. The lowest BCUT2D eigenvalue weighted by molar-refractivity contribution is -0.0267. The monoisotopic (exact) mass is 242 g/mol. The van der Waals surface area contributed by atoms with Gasteiger partial charge in [-0.15, -0.1) is 0 Å². The van der Waals surface area contributed by atoms with Crippen LogP contribution in [0.2, 0.25) is 0 Å². The van der Waals surface area contributed by atoms with Gasteiger partial charge in [0.2, 0.25) is 0 Å². The van der Waals surface area contributed by atoms with E-state index in [0.717, 1.165) is 25.9 Å². The highest BCUT2D eigenvalue weighted by Gasteiger charge is 2.35. The Balaban J connectivity index is 2.32. The maximum absolute atomic E-state index is 13.8. The molecule has 1 saturated heterocycles. The molecule has 0 spiro atoms. The van der Waals surface area contributed by atoms with E-state index in [4.69, 9.17) is 5.11 Å². The molecule has 3 nitrogen and oxygen atoms in total. The van der Waals surface area contributed by atoms with Crippen molar-refractivity contribution in [2.75, 3.05) is 24.6 Å². The first-order valence-electron chi connectivity index (χ1n) is 5.84. The van der Waals surface area contributed by atoms with Crippen LogP contribution >= 0.6 is 0 Å². The predicted molar refractivity (Wildman–Crippen MR) is 61.3 cm³/mol. The van der Waals surface area contributed by atoms with Crippen molar-refractivity contribution in [2.24, 2.45) is 0 Å². The van der Waals surface area contributed by atoms with Crippen molar-refractivity contribution in [3.8, 4) is 0 Å². The Labute approximate surface area is 99.1 Å². The molecule has 94 valence electrons. The maximum Gasteiger partial charge on any atom is 0.278 e. The van der Waals surface area contributed by atoms with Gasteiger partial charge in [-0.05, 0) is 25.0 Å². The first-order chi connectivity index (χ1) is 8.15. The Morgan fingerprint density at radius 3 is 2.71 bits per heavy atom. The maximum atomic E-state index is 13.8. The van der Waals surface area contributed by atoms with Gasteiger partial charge in [-0.2, -0.15) is 0 Å². The molecule has 1 aromatic heterocycles. The van der Waals surface area contributed by atoms with Gasteiger partial charge in [0.05, 0.1) is 5.56 Å². The molecule has 17 heavy (non-hydrogen) atoms. The third-order valence-electron chi connectivity index (χ3n) is 3.01. The number of hydrogen-bond acceptors (Lipinski definition) is 3. The number of rotatable bonds is 4. The standard InChI is InChI=1S/C12H16F2N2O/c13-12(14,5-9-17)10-4-3-6-15-11(10)16-7-1-2-8-16/h3-4,6,17H,1-2,5,7-9H2. The second-order valence-electron chi connectivity index (χ2n) is 4.25. The highest BCUT2D eigenvalue weighted by molar-refractivity contribution is 5.49. The topological polar surface area (TPSA) is 36.4 Å². The fraction of sp³-hybridized carbons (Fsp3) is 0.583. The summed E-state index contributed by atoms with van der Waals surface area (Å²) in [5, 5.41) is 8.71. The number of aromatic nitrogens is 1. The van der Waals surface area contributed by atoms with Crippen LogP contribution in [-0.4, -0.2) is 29.8 Å². The van der Waals surface area contributed by atoms with Gasteiger partial charge >= 0.3 is 0 Å². The Morgan fingerprint density at radius 1 is 1.35 bits per heavy atom. The summed E-state index contributed by atoms with van der Waals surface area (Å²) in [5.41, 5.74) is -0.0732. The molecule has 2 heterocycles. The van der Waals surface area contributed by atoms with E-state index >= 15 is 0 Å². The van der Waals surface area contributed by atoms with Crippen molar-refractivity contribution < 1.29 is 13.9 Å². The summed E-state index contributed by atoms with van der Waals surface area (Å²) in [6.07, 6.45) is 3.01. The molecule has 1 aromatic rings. The zero-order valence-corrected chi connectivity index (χ0v) is 9.57. The number of halogens is 2. The van der Waals surface area contributed by atoms with E-state index in [2.05, 4.69) is 4.98 Å². The third-order valence-corrected chi connectivity index (χ3v) is 3.01. The van der Waals surface area contributed by atoms with Crippen LogP contribution in [-0.2, 0) is 5.92 Å². The largest absolute Gasteiger partial charge is 0.396 e. The molecule has 0 radical (unpaired) electrons. The van der Waals surface area contributed by atoms with Crippen LogP contribution in [0.15, 0.2) is 18.3 Å². The second-order valence-corrected chi connectivity index (χ2v) is 4.25. The molecule has 0 aromatic carbocycles. The molecule has 0 bridgehead atoms. The number of hydrogen-bond donors (Lipinski definition) is 1. The van der Waals surface area contributed by atoms with E-state index < -0.39 is 19.0 Å². The first kappa shape index (κ1) is 12.2. The van der Waals surface area contributed by atoms with Gasteiger partial charge in [-0.25, -0.2) is 13.8 Å². The molecule has 1 aliphatic heterocycles. The highest BCUT2D eigenvalue weighted by Crippen LogP contribution is 2.37. The quantitative estimate of drug-likeness (QED) is 0.879. The summed E-state index contributed by atoms with van der Waals surface area (Å²) in [7, 11) is 0. The molecule has 0 atom stereocenters. The van der Waals surface area contributed by atoms with Gasteiger partial charge in [0.1, 0.15) is 5.82 Å². The average Bonchev–Trinajstić information content (AvgIpc) is 2.82. The lowest BCUT2D eigenvalue weighted by Crippen LogP contribution is -2.25. The van der Waals surface area contributed by atoms with Crippen molar-refractivity contribution in [3.63, 3.8) is 0 Å². The van der Waals surface area contributed by atoms with Crippen LogP contribution in [0.1, 0.15) is 24.8 Å². The van der Waals surface area contributed by atoms with Gasteiger partial charge in [-0.1, -0.05) is 0 Å². The van der Waals surface area contributed by atoms with Crippen LogP contribution in [0.5, 0.6) is 0 Å². The minimum atomic E-state index is -3.01. The highest BCUT2D eigenvalue weighted by atomic mass is 19.3. The number of pyridine rings is 1. The normalized spacial score (nSPS) is 16.5. The van der Waals surface area contributed by atoms with Crippen molar-refractivity contribution in [1.29, 1.82) is 0 Å². The molecule has 1 N–H and O–H groups in total. The van der Waals surface area contributed by atoms with Crippen molar-refractivity contribution in [2.45, 2.75) is 25.2 Å². The smallest absolute Gasteiger partial charge is 0.278 e. The lowest BCUT2D eigenvalue weighted by atomic mass is 10.1. The summed E-state index contributed by atoms with van der Waals surface area (Å²) in [6, 6.07) is 2.91. The molecule has 0 saturated carbocycles. The minimum Gasteiger partial charge on any atom is -0.396 e. The van der Waals surface area contributed by atoms with E-state index in [1.807, 2.05) is 4.90 Å². The van der Waals surface area contributed by atoms with Gasteiger partial charge < -0.3 is 10.0 Å². The minimum absolute atomic E-state index is 0.0732. The molecule has 0 unspecified atom stereocenters. The van der Waals surface area contributed by atoms with Crippen LogP contribution in [0.25, 0.3) is 0 Å². The van der Waals surface area contributed by atoms with E-state index in [-0.39, 0.29) is 5.56 Å². The SMILES string of the molecule is OCCC(F)(F)c1cccnc1N1CCCC1. The molecular weight excluding hydrogens is 226 g/mol. The van der Waals surface area contributed by atoms with E-state index in [1.165, 1.54) is 18.3 Å². The summed E-state index contributed by atoms with van der Waals surface area (Å²) in [5.74, 6) is -2.65. The summed E-state index contributed by atoms with van der Waals surface area (Å²) in [6.45, 7) is 1.03. The van der Waals surface area contributed by atoms with Crippen molar-refractivity contribution in [1.82, 2.24) is 4.98 Å². The Morgan fingerprint density at radius 2 is 2.06 bits per heavy atom. The van der Waals surface area contributed by atoms with Gasteiger partial charge in [0, 0.05) is 32.3 Å². The molecule has 1 aliphatic rings. The summed E-state index contributed by atoms with van der Waals surface area (Å²) >= 11 is 0. The number of alkyl halides is 2. The van der Waals surface area contributed by atoms with Gasteiger partial charge in [0.25, 0.3) is 5.92 Å². The van der Waals surface area contributed by atoms with Crippen LogP contribution in [0.3, 0.4) is 0 Å². The van der Waals surface area contributed by atoms with Crippen LogP contribution < -0.4 is 4.90 Å². The average molecular weight is 242 g/mol. The molecule has 0 amide bonds. The van der Waals surface area contributed by atoms with Crippen molar-refractivity contribution in [3.05, 3.63) is 23.9 Å². The van der Waals surface area contributed by atoms with Gasteiger partial charge in [-0.3, -0.25) is 0 Å². The molecule has 2 rings (SSSR count). The number of nitrogens with zero attached hydrogens (tertiary/aromatic N) is 2. The van der Waals surface area contributed by atoms with E-state index in [0.29, 0.717) is 5.82 Å². The van der Waals surface area contributed by atoms with Gasteiger partial charge in [0.15, 0.2) is 0 Å². The zero-order valence-electron chi connectivity index (χ0n) is 9.57. The molecular formula is C12H16F2N2O.